The minimum Gasteiger partial charge on any atom is -0.312 e. The zero-order chi connectivity index (χ0) is 14.9. The van der Waals surface area contributed by atoms with Crippen LogP contribution in [0.2, 0.25) is 0 Å². The zero-order valence-electron chi connectivity index (χ0n) is 14.0. The molecule has 1 N–H and O–H groups in total. The van der Waals surface area contributed by atoms with Crippen molar-refractivity contribution in [3.63, 3.8) is 0 Å². The van der Waals surface area contributed by atoms with Gasteiger partial charge in [0.15, 0.2) is 0 Å². The van der Waals surface area contributed by atoms with Gasteiger partial charge in [-0.3, -0.25) is 0 Å². The molecule has 3 atom stereocenters. The standard InChI is InChI=1S/C19H29NS/c1-13-15(5-6-21-13)16(20-4)19-9-14-7-17(2,11-19)10-18(3,8-14)12-19/h5-6,14,16,20H,7-12H2,1-4H3. The van der Waals surface area contributed by atoms with E-state index in [0.717, 1.165) is 5.92 Å². The van der Waals surface area contributed by atoms with E-state index in [-0.39, 0.29) is 0 Å². The van der Waals surface area contributed by atoms with Gasteiger partial charge in [-0.05, 0) is 91.7 Å². The monoisotopic (exact) mass is 303 g/mol. The molecular formula is C19H29NS. The molecule has 3 unspecified atom stereocenters. The van der Waals surface area contributed by atoms with E-state index in [9.17, 15) is 0 Å². The van der Waals surface area contributed by atoms with Crippen molar-refractivity contribution in [1.82, 2.24) is 5.32 Å². The molecule has 1 heterocycles. The molecule has 4 saturated carbocycles. The lowest BCUT2D eigenvalue weighted by Gasteiger charge is -2.67. The summed E-state index contributed by atoms with van der Waals surface area (Å²) in [7, 11) is 2.19. The van der Waals surface area contributed by atoms with Crippen LogP contribution in [0.3, 0.4) is 0 Å². The number of nitrogens with one attached hydrogen (secondary N) is 1. The Morgan fingerprint density at radius 3 is 2.29 bits per heavy atom. The fourth-order valence-corrected chi connectivity index (χ4v) is 8.08. The second-order valence-electron chi connectivity index (χ2n) is 9.15. The molecular weight excluding hydrogens is 274 g/mol. The van der Waals surface area contributed by atoms with Crippen LogP contribution in [0.5, 0.6) is 0 Å². The van der Waals surface area contributed by atoms with Gasteiger partial charge in [0.25, 0.3) is 0 Å². The van der Waals surface area contributed by atoms with Crippen LogP contribution in [0.1, 0.15) is 68.9 Å². The van der Waals surface area contributed by atoms with Crippen LogP contribution >= 0.6 is 11.3 Å². The quantitative estimate of drug-likeness (QED) is 0.797. The van der Waals surface area contributed by atoms with Crippen LogP contribution in [-0.4, -0.2) is 7.05 Å². The topological polar surface area (TPSA) is 12.0 Å². The molecule has 21 heavy (non-hydrogen) atoms. The Kier molecular flexibility index (Phi) is 2.96. The molecule has 4 bridgehead atoms. The first kappa shape index (κ1) is 14.3. The fourth-order valence-electron chi connectivity index (χ4n) is 7.34. The minimum atomic E-state index is 0.503. The van der Waals surface area contributed by atoms with Crippen molar-refractivity contribution in [2.75, 3.05) is 7.05 Å². The first-order valence-corrected chi connectivity index (χ1v) is 9.46. The van der Waals surface area contributed by atoms with Crippen molar-refractivity contribution >= 4 is 11.3 Å². The van der Waals surface area contributed by atoms with E-state index in [2.05, 4.69) is 44.6 Å². The molecule has 1 nitrogen and oxygen atoms in total. The Labute approximate surface area is 133 Å². The molecule has 2 heteroatoms. The van der Waals surface area contributed by atoms with Crippen molar-refractivity contribution in [1.29, 1.82) is 0 Å². The van der Waals surface area contributed by atoms with Crippen LogP contribution in [-0.2, 0) is 0 Å². The molecule has 116 valence electrons. The van der Waals surface area contributed by atoms with Gasteiger partial charge in [-0.25, -0.2) is 0 Å². The normalized spacial score (nSPS) is 46.0. The number of rotatable bonds is 3. The summed E-state index contributed by atoms with van der Waals surface area (Å²) < 4.78 is 0. The molecule has 0 saturated heterocycles. The van der Waals surface area contributed by atoms with E-state index >= 15 is 0 Å². The van der Waals surface area contributed by atoms with Crippen LogP contribution in [0.25, 0.3) is 0 Å². The molecule has 0 amide bonds. The Morgan fingerprint density at radius 2 is 1.81 bits per heavy atom. The van der Waals surface area contributed by atoms with Crippen molar-refractivity contribution in [3.05, 3.63) is 21.9 Å². The smallest absolute Gasteiger partial charge is 0.0386 e. The van der Waals surface area contributed by atoms with Gasteiger partial charge in [0.2, 0.25) is 0 Å². The maximum Gasteiger partial charge on any atom is 0.0386 e. The minimum absolute atomic E-state index is 0.503. The predicted octanol–water partition coefficient (Wildman–Crippen LogP) is 5.31. The van der Waals surface area contributed by atoms with Gasteiger partial charge in [-0.2, -0.15) is 0 Å². The largest absolute Gasteiger partial charge is 0.312 e. The molecule has 0 spiro atoms. The highest BCUT2D eigenvalue weighted by Crippen LogP contribution is 2.72. The van der Waals surface area contributed by atoms with E-state index in [4.69, 9.17) is 0 Å². The average Bonchev–Trinajstić information content (AvgIpc) is 2.71. The third-order valence-electron chi connectivity index (χ3n) is 6.78. The maximum absolute atomic E-state index is 3.74. The Balaban J connectivity index is 1.78. The third-order valence-corrected chi connectivity index (χ3v) is 7.64. The average molecular weight is 304 g/mol. The molecule has 1 aromatic rings. The molecule has 5 rings (SSSR count). The second kappa shape index (κ2) is 4.35. The Morgan fingerprint density at radius 1 is 1.14 bits per heavy atom. The summed E-state index contributed by atoms with van der Waals surface area (Å²) in [5, 5.41) is 6.02. The Hall–Kier alpha value is -0.340. The SMILES string of the molecule is CNC(c1ccsc1C)C12CC3CC(C)(CC(C)(C3)C1)C2. The molecule has 0 aliphatic heterocycles. The van der Waals surface area contributed by atoms with Gasteiger partial charge in [-0.15, -0.1) is 11.3 Å². The van der Waals surface area contributed by atoms with Crippen LogP contribution < -0.4 is 5.32 Å². The number of thiophene rings is 1. The van der Waals surface area contributed by atoms with E-state index in [0.29, 0.717) is 22.3 Å². The lowest BCUT2D eigenvalue weighted by Crippen LogP contribution is -2.58. The van der Waals surface area contributed by atoms with Gasteiger partial charge in [0.05, 0.1) is 0 Å². The van der Waals surface area contributed by atoms with E-state index in [1.807, 2.05) is 11.3 Å². The molecule has 1 aromatic heterocycles. The summed E-state index contributed by atoms with van der Waals surface area (Å²) >= 11 is 1.91. The lowest BCUT2D eigenvalue weighted by atomic mass is 9.39. The second-order valence-corrected chi connectivity index (χ2v) is 10.3. The summed E-state index contributed by atoms with van der Waals surface area (Å²) in [6, 6.07) is 2.94. The summed E-state index contributed by atoms with van der Waals surface area (Å²) in [5.74, 6) is 0.978. The van der Waals surface area contributed by atoms with Gasteiger partial charge < -0.3 is 5.32 Å². The van der Waals surface area contributed by atoms with Gasteiger partial charge in [0.1, 0.15) is 0 Å². The van der Waals surface area contributed by atoms with Crippen LogP contribution in [0, 0.1) is 29.1 Å². The maximum atomic E-state index is 3.74. The molecule has 4 aliphatic rings. The molecule has 4 aliphatic carbocycles. The first-order valence-electron chi connectivity index (χ1n) is 8.58. The molecule has 0 aromatic carbocycles. The van der Waals surface area contributed by atoms with Gasteiger partial charge in [0, 0.05) is 10.9 Å². The highest BCUT2D eigenvalue weighted by atomic mass is 32.1. The number of hydrogen-bond acceptors (Lipinski definition) is 2. The fraction of sp³-hybridized carbons (Fsp3) is 0.789. The highest BCUT2D eigenvalue weighted by Gasteiger charge is 2.62. The van der Waals surface area contributed by atoms with Crippen molar-refractivity contribution in [3.8, 4) is 0 Å². The Bertz CT molecular complexity index is 542. The van der Waals surface area contributed by atoms with Gasteiger partial charge in [-0.1, -0.05) is 13.8 Å². The summed E-state index contributed by atoms with van der Waals surface area (Å²) in [4.78, 5) is 1.51. The van der Waals surface area contributed by atoms with Crippen molar-refractivity contribution in [2.24, 2.45) is 22.2 Å². The summed E-state index contributed by atoms with van der Waals surface area (Å²) in [6.07, 6.45) is 8.78. The number of hydrogen-bond donors (Lipinski definition) is 1. The zero-order valence-corrected chi connectivity index (χ0v) is 14.8. The molecule has 0 radical (unpaired) electrons. The first-order chi connectivity index (χ1) is 9.87. The summed E-state index contributed by atoms with van der Waals surface area (Å²) in [6.45, 7) is 7.46. The lowest BCUT2D eigenvalue weighted by molar-refractivity contribution is -0.158. The van der Waals surface area contributed by atoms with E-state index in [1.165, 1.54) is 43.4 Å². The predicted molar refractivity (Wildman–Crippen MR) is 90.7 cm³/mol. The van der Waals surface area contributed by atoms with Gasteiger partial charge >= 0.3 is 0 Å². The molecule has 4 fully saturated rings. The van der Waals surface area contributed by atoms with Crippen LogP contribution in [0.15, 0.2) is 11.4 Å². The van der Waals surface area contributed by atoms with Crippen molar-refractivity contribution < 1.29 is 0 Å². The highest BCUT2D eigenvalue weighted by molar-refractivity contribution is 7.10. The van der Waals surface area contributed by atoms with E-state index < -0.39 is 0 Å². The summed E-state index contributed by atoms with van der Waals surface area (Å²) in [5.41, 5.74) is 3.29. The number of aryl methyl sites for hydroxylation is 1. The van der Waals surface area contributed by atoms with Crippen molar-refractivity contribution in [2.45, 2.75) is 65.3 Å². The third kappa shape index (κ3) is 2.05. The van der Waals surface area contributed by atoms with E-state index in [1.54, 1.807) is 5.56 Å². The van der Waals surface area contributed by atoms with Crippen LogP contribution in [0.4, 0.5) is 0 Å².